The van der Waals surface area contributed by atoms with Gasteiger partial charge in [0.25, 0.3) is 5.91 Å². The molecule has 1 heterocycles. The minimum absolute atomic E-state index is 0.0392. The van der Waals surface area contributed by atoms with Gasteiger partial charge in [-0.2, -0.15) is 0 Å². The number of rotatable bonds is 4. The van der Waals surface area contributed by atoms with Crippen LogP contribution in [0.15, 0.2) is 6.07 Å². The average molecular weight is 262 g/mol. The first-order valence-electron chi connectivity index (χ1n) is 6.68. The quantitative estimate of drug-likeness (QED) is 0.902. The fourth-order valence-corrected chi connectivity index (χ4v) is 2.23. The number of nitrogens with zero attached hydrogens (tertiary/aromatic N) is 3. The highest BCUT2D eigenvalue weighted by Crippen LogP contribution is 2.49. The van der Waals surface area contributed by atoms with Gasteiger partial charge in [0.2, 0.25) is 5.95 Å². The predicted molar refractivity (Wildman–Crippen MR) is 75.2 cm³/mol. The van der Waals surface area contributed by atoms with E-state index in [1.807, 2.05) is 14.0 Å². The summed E-state index contributed by atoms with van der Waals surface area (Å²) in [4.78, 5) is 22.7. The fourth-order valence-electron chi connectivity index (χ4n) is 2.23. The fraction of sp³-hybridized carbons (Fsp3) is 0.643. The highest BCUT2D eigenvalue weighted by Gasteiger charge is 2.45. The van der Waals surface area contributed by atoms with Crippen LogP contribution in [-0.4, -0.2) is 40.9 Å². The van der Waals surface area contributed by atoms with Gasteiger partial charge in [0.1, 0.15) is 5.69 Å². The minimum Gasteiger partial charge on any atom is -0.357 e. The van der Waals surface area contributed by atoms with Crippen LogP contribution < -0.4 is 5.32 Å². The Balaban J connectivity index is 2.21. The lowest BCUT2D eigenvalue weighted by molar-refractivity contribution is 0.0678. The van der Waals surface area contributed by atoms with Gasteiger partial charge in [0, 0.05) is 25.8 Å². The monoisotopic (exact) mass is 262 g/mol. The molecule has 1 amide bonds. The van der Waals surface area contributed by atoms with E-state index in [4.69, 9.17) is 0 Å². The standard InChI is InChI=1S/C14H22N4O/c1-9-8-11(17-13(15-4)16-9)12(19)18(5)10(2)14(3)6-7-14/h8,10H,6-7H2,1-5H3,(H,15,16,17). The molecule has 0 spiro atoms. The minimum atomic E-state index is -0.0392. The Bertz CT molecular complexity index is 496. The van der Waals surface area contributed by atoms with Crippen molar-refractivity contribution >= 4 is 11.9 Å². The van der Waals surface area contributed by atoms with E-state index in [1.165, 1.54) is 12.8 Å². The normalized spacial score (nSPS) is 17.7. The first-order chi connectivity index (χ1) is 8.87. The third kappa shape index (κ3) is 2.69. The lowest BCUT2D eigenvalue weighted by Gasteiger charge is -2.29. The van der Waals surface area contributed by atoms with E-state index in [1.54, 1.807) is 18.0 Å². The van der Waals surface area contributed by atoms with Crippen molar-refractivity contribution < 1.29 is 4.79 Å². The van der Waals surface area contributed by atoms with Gasteiger partial charge in [0.15, 0.2) is 0 Å². The molecule has 1 aromatic heterocycles. The van der Waals surface area contributed by atoms with Gasteiger partial charge < -0.3 is 10.2 Å². The number of amides is 1. The van der Waals surface area contributed by atoms with Gasteiger partial charge in [-0.1, -0.05) is 6.92 Å². The molecule has 1 atom stereocenters. The summed E-state index contributed by atoms with van der Waals surface area (Å²) in [7, 11) is 3.60. The van der Waals surface area contributed by atoms with Crippen molar-refractivity contribution in [2.24, 2.45) is 5.41 Å². The van der Waals surface area contributed by atoms with Gasteiger partial charge in [-0.25, -0.2) is 9.97 Å². The number of anilines is 1. The number of hydrogen-bond acceptors (Lipinski definition) is 4. The highest BCUT2D eigenvalue weighted by molar-refractivity contribution is 5.92. The van der Waals surface area contributed by atoms with Crippen LogP contribution in [0, 0.1) is 12.3 Å². The molecule has 19 heavy (non-hydrogen) atoms. The molecule has 1 aliphatic carbocycles. The summed E-state index contributed by atoms with van der Waals surface area (Å²) in [5, 5.41) is 2.88. The molecule has 1 aliphatic rings. The van der Waals surface area contributed by atoms with E-state index in [2.05, 4.69) is 29.1 Å². The molecule has 0 saturated heterocycles. The summed E-state index contributed by atoms with van der Waals surface area (Å²) in [6.45, 7) is 6.20. The third-order valence-electron chi connectivity index (χ3n) is 4.25. The van der Waals surface area contributed by atoms with Crippen molar-refractivity contribution in [2.45, 2.75) is 39.7 Å². The van der Waals surface area contributed by atoms with E-state index >= 15 is 0 Å². The number of carbonyl (C=O) groups is 1. The van der Waals surface area contributed by atoms with Crippen molar-refractivity contribution in [1.82, 2.24) is 14.9 Å². The van der Waals surface area contributed by atoms with Crippen LogP contribution in [0.4, 0.5) is 5.95 Å². The van der Waals surface area contributed by atoms with Gasteiger partial charge in [0.05, 0.1) is 0 Å². The van der Waals surface area contributed by atoms with Crippen molar-refractivity contribution in [3.8, 4) is 0 Å². The van der Waals surface area contributed by atoms with Gasteiger partial charge >= 0.3 is 0 Å². The molecule has 0 bridgehead atoms. The lowest BCUT2D eigenvalue weighted by Crippen LogP contribution is -2.40. The maximum Gasteiger partial charge on any atom is 0.272 e. The molecular formula is C14H22N4O. The van der Waals surface area contributed by atoms with Crippen LogP contribution in [0.25, 0.3) is 0 Å². The molecular weight excluding hydrogens is 240 g/mol. The van der Waals surface area contributed by atoms with Crippen molar-refractivity contribution in [3.05, 3.63) is 17.5 Å². The molecule has 0 radical (unpaired) electrons. The number of aryl methyl sites for hydroxylation is 1. The maximum atomic E-state index is 12.5. The summed E-state index contributed by atoms with van der Waals surface area (Å²) in [6.07, 6.45) is 2.38. The molecule has 1 fully saturated rings. The van der Waals surface area contributed by atoms with Crippen molar-refractivity contribution in [2.75, 3.05) is 19.4 Å². The van der Waals surface area contributed by atoms with E-state index in [0.29, 0.717) is 11.6 Å². The summed E-state index contributed by atoms with van der Waals surface area (Å²) in [6, 6.07) is 1.97. The van der Waals surface area contributed by atoms with Gasteiger partial charge in [-0.05, 0) is 38.2 Å². The zero-order valence-electron chi connectivity index (χ0n) is 12.3. The second kappa shape index (κ2) is 4.79. The Labute approximate surface area is 114 Å². The summed E-state index contributed by atoms with van der Waals surface area (Å²) >= 11 is 0. The Morgan fingerprint density at radius 2 is 2.11 bits per heavy atom. The smallest absolute Gasteiger partial charge is 0.272 e. The molecule has 1 N–H and O–H groups in total. The number of aromatic nitrogens is 2. The van der Waals surface area contributed by atoms with Crippen molar-refractivity contribution in [1.29, 1.82) is 0 Å². The summed E-state index contributed by atoms with van der Waals surface area (Å²) in [5.74, 6) is 0.449. The molecule has 1 saturated carbocycles. The molecule has 5 heteroatoms. The molecule has 5 nitrogen and oxygen atoms in total. The van der Waals surface area contributed by atoms with Crippen LogP contribution in [0.3, 0.4) is 0 Å². The van der Waals surface area contributed by atoms with Crippen LogP contribution in [-0.2, 0) is 0 Å². The topological polar surface area (TPSA) is 58.1 Å². The first kappa shape index (κ1) is 13.8. The Morgan fingerprint density at radius 3 is 2.63 bits per heavy atom. The lowest BCUT2D eigenvalue weighted by atomic mass is 9.99. The molecule has 104 valence electrons. The van der Waals surface area contributed by atoms with Crippen LogP contribution >= 0.6 is 0 Å². The molecule has 0 aromatic carbocycles. The maximum absolute atomic E-state index is 12.5. The van der Waals surface area contributed by atoms with E-state index < -0.39 is 0 Å². The number of nitrogens with one attached hydrogen (secondary N) is 1. The molecule has 1 unspecified atom stereocenters. The van der Waals surface area contributed by atoms with Crippen LogP contribution in [0.2, 0.25) is 0 Å². The third-order valence-corrected chi connectivity index (χ3v) is 4.25. The average Bonchev–Trinajstić information content (AvgIpc) is 3.14. The largest absolute Gasteiger partial charge is 0.357 e. The number of hydrogen-bond donors (Lipinski definition) is 1. The Morgan fingerprint density at radius 1 is 1.47 bits per heavy atom. The molecule has 2 rings (SSSR count). The zero-order valence-corrected chi connectivity index (χ0v) is 12.3. The Hall–Kier alpha value is -1.65. The van der Waals surface area contributed by atoms with E-state index in [0.717, 1.165) is 5.69 Å². The van der Waals surface area contributed by atoms with Crippen LogP contribution in [0.1, 0.15) is 42.9 Å². The van der Waals surface area contributed by atoms with E-state index in [-0.39, 0.29) is 17.4 Å². The molecule has 0 aliphatic heterocycles. The second-order valence-corrected chi connectivity index (χ2v) is 5.71. The summed E-state index contributed by atoms with van der Waals surface area (Å²) < 4.78 is 0. The SMILES string of the molecule is CNc1nc(C)cc(C(=O)N(C)C(C)C2(C)CC2)n1. The number of carbonyl (C=O) groups excluding carboxylic acids is 1. The predicted octanol–water partition coefficient (Wildman–Crippen LogP) is 2.09. The molecule has 1 aromatic rings. The zero-order chi connectivity index (χ0) is 14.2. The van der Waals surface area contributed by atoms with Gasteiger partial charge in [-0.15, -0.1) is 0 Å². The highest BCUT2D eigenvalue weighted by atomic mass is 16.2. The first-order valence-corrected chi connectivity index (χ1v) is 6.68. The van der Waals surface area contributed by atoms with Crippen molar-refractivity contribution in [3.63, 3.8) is 0 Å². The van der Waals surface area contributed by atoms with Crippen LogP contribution in [0.5, 0.6) is 0 Å². The van der Waals surface area contributed by atoms with E-state index in [9.17, 15) is 4.79 Å². The second-order valence-electron chi connectivity index (χ2n) is 5.71. The Kier molecular flexibility index (Phi) is 3.47. The van der Waals surface area contributed by atoms with Gasteiger partial charge in [-0.3, -0.25) is 4.79 Å². The summed E-state index contributed by atoms with van der Waals surface area (Å²) in [5.41, 5.74) is 1.52.